The third-order valence-corrected chi connectivity index (χ3v) is 4.13. The van der Waals surface area contributed by atoms with Gasteiger partial charge in [-0.2, -0.15) is 8.78 Å². The van der Waals surface area contributed by atoms with Crippen molar-refractivity contribution < 1.29 is 18.3 Å². The number of aryl methyl sites for hydroxylation is 1. The zero-order valence-electron chi connectivity index (χ0n) is 16.4. The molecule has 0 aliphatic heterocycles. The number of nitrogens with zero attached hydrogens (tertiary/aromatic N) is 1. The summed E-state index contributed by atoms with van der Waals surface area (Å²) in [6, 6.07) is 3.64. The predicted octanol–water partition coefficient (Wildman–Crippen LogP) is 2.48. The molecule has 6 heteroatoms. The van der Waals surface area contributed by atoms with Crippen molar-refractivity contribution >= 4 is 18.7 Å². The summed E-state index contributed by atoms with van der Waals surface area (Å²) in [5.74, 6) is 0.249. The largest absolute Gasteiger partial charge is 0.380 e. The maximum absolute atomic E-state index is 12.6. The maximum atomic E-state index is 12.6. The van der Waals surface area contributed by atoms with Crippen LogP contribution in [0, 0.1) is 12.8 Å². The minimum atomic E-state index is -3.20. The van der Waals surface area contributed by atoms with E-state index in [4.69, 9.17) is 0 Å². The Balaban J connectivity index is 2.89. The summed E-state index contributed by atoms with van der Waals surface area (Å²) in [7, 11) is 1.99. The Hall–Kier alpha value is -1.95. The van der Waals surface area contributed by atoms with Crippen LogP contribution in [0.25, 0.3) is 12.8 Å². The summed E-state index contributed by atoms with van der Waals surface area (Å²) in [6.07, 6.45) is -0.125. The lowest BCUT2D eigenvalue weighted by Gasteiger charge is -2.18. The summed E-state index contributed by atoms with van der Waals surface area (Å²) in [5.41, 5.74) is 1.29. The monoisotopic (exact) mass is 368 g/mol. The van der Waals surface area contributed by atoms with E-state index >= 15 is 0 Å². The second-order valence-electron chi connectivity index (χ2n) is 6.86. The first-order chi connectivity index (χ1) is 12.0. The molecule has 0 aliphatic carbocycles. The van der Waals surface area contributed by atoms with Gasteiger partial charge in [0.2, 0.25) is 0 Å². The molecule has 1 aromatic rings. The average molecular weight is 368 g/mol. The summed E-state index contributed by atoms with van der Waals surface area (Å²) < 4.78 is 29.6. The fraction of sp³-hybridized carbons (Fsp3) is 0.550. The number of rotatable bonds is 9. The minimum absolute atomic E-state index is 0.0147. The molecule has 0 heterocycles. The molecular weight excluding hydrogens is 338 g/mol. The Labute approximate surface area is 154 Å². The van der Waals surface area contributed by atoms with Crippen molar-refractivity contribution in [1.29, 1.82) is 0 Å². The van der Waals surface area contributed by atoms with Crippen LogP contribution in [0.1, 0.15) is 43.1 Å². The summed E-state index contributed by atoms with van der Waals surface area (Å²) in [6.45, 7) is 11.6. The van der Waals surface area contributed by atoms with Crippen LogP contribution in [0.5, 0.6) is 0 Å². The Kier molecular flexibility index (Phi) is 8.21. The van der Waals surface area contributed by atoms with E-state index in [9.17, 15) is 13.6 Å². The Morgan fingerprint density at radius 1 is 1.46 bits per heavy atom. The first kappa shape index (κ1) is 22.1. The van der Waals surface area contributed by atoms with E-state index in [-0.39, 0.29) is 19.1 Å². The van der Waals surface area contributed by atoms with Gasteiger partial charge in [-0.05, 0) is 34.9 Å². The van der Waals surface area contributed by atoms with Gasteiger partial charge in [0.1, 0.15) is 0 Å². The molecule has 1 unspecified atom stereocenters. The first-order valence-corrected chi connectivity index (χ1v) is 8.85. The smallest absolute Gasteiger partial charge is 0.352 e. The molecule has 1 N–H and O–H groups in total. The van der Waals surface area contributed by atoms with Crippen molar-refractivity contribution in [2.45, 2.75) is 40.2 Å². The molecule has 1 atom stereocenters. The molecule has 0 saturated heterocycles. The molecular formula is C20H30F2N2O2. The topological polar surface area (TPSA) is 41.6 Å². The highest BCUT2D eigenvalue weighted by atomic mass is 19.3. The standard InChI is InChI=1S/C20H30F2N2O2/c1-7-14(2)12-24(6)13-17-11-18(16(4)10-15(17)3)19(25)23-8-9-26-20(5,21)22/h10-11,13-14H,3,7-9,12H2,1-2,4-6H3,(H,23,25)/b17-13-. The number of carbonyl (C=O) groups is 1. The van der Waals surface area contributed by atoms with Crippen molar-refractivity contribution in [3.63, 3.8) is 0 Å². The third kappa shape index (κ3) is 7.52. The summed E-state index contributed by atoms with van der Waals surface area (Å²) >= 11 is 0. The number of benzene rings is 1. The van der Waals surface area contributed by atoms with E-state index in [0.29, 0.717) is 18.4 Å². The van der Waals surface area contributed by atoms with Gasteiger partial charge in [-0.15, -0.1) is 0 Å². The molecule has 1 amide bonds. The molecule has 26 heavy (non-hydrogen) atoms. The van der Waals surface area contributed by atoms with Crippen molar-refractivity contribution in [2.24, 2.45) is 5.92 Å². The number of nitrogens with one attached hydrogen (secondary N) is 1. The van der Waals surface area contributed by atoms with Crippen LogP contribution in [-0.4, -0.2) is 43.7 Å². The van der Waals surface area contributed by atoms with Crippen LogP contribution in [0.3, 0.4) is 0 Å². The lowest BCUT2D eigenvalue weighted by Crippen LogP contribution is -2.34. The van der Waals surface area contributed by atoms with Crippen LogP contribution < -0.4 is 15.8 Å². The maximum Gasteiger partial charge on any atom is 0.352 e. The number of ether oxygens (including phenoxy) is 1. The van der Waals surface area contributed by atoms with Gasteiger partial charge in [-0.3, -0.25) is 4.79 Å². The van der Waals surface area contributed by atoms with Crippen LogP contribution >= 0.6 is 0 Å². The Bertz CT molecular complexity index is 714. The van der Waals surface area contributed by atoms with Gasteiger partial charge in [0.25, 0.3) is 5.91 Å². The van der Waals surface area contributed by atoms with Crippen molar-refractivity contribution in [2.75, 3.05) is 26.7 Å². The molecule has 0 saturated carbocycles. The minimum Gasteiger partial charge on any atom is -0.380 e. The number of alkyl halides is 2. The van der Waals surface area contributed by atoms with Crippen LogP contribution in [0.15, 0.2) is 12.1 Å². The second kappa shape index (κ2) is 9.67. The summed E-state index contributed by atoms with van der Waals surface area (Å²) in [5, 5.41) is 4.31. The molecule has 0 bridgehead atoms. The zero-order chi connectivity index (χ0) is 19.9. The number of halogens is 2. The van der Waals surface area contributed by atoms with Gasteiger partial charge in [0.15, 0.2) is 0 Å². The number of hydrogen-bond donors (Lipinski definition) is 1. The van der Waals surface area contributed by atoms with Crippen LogP contribution in [-0.2, 0) is 4.74 Å². The molecule has 0 fully saturated rings. The highest BCUT2D eigenvalue weighted by Crippen LogP contribution is 2.12. The highest BCUT2D eigenvalue weighted by molar-refractivity contribution is 5.95. The van der Waals surface area contributed by atoms with E-state index in [0.717, 1.165) is 29.0 Å². The van der Waals surface area contributed by atoms with Crippen molar-refractivity contribution in [3.8, 4) is 0 Å². The van der Waals surface area contributed by atoms with Gasteiger partial charge < -0.3 is 15.0 Å². The molecule has 0 spiro atoms. The second-order valence-corrected chi connectivity index (χ2v) is 6.86. The molecule has 0 radical (unpaired) electrons. The number of hydrogen-bond acceptors (Lipinski definition) is 3. The van der Waals surface area contributed by atoms with Crippen molar-refractivity contribution in [3.05, 3.63) is 33.7 Å². The normalized spacial score (nSPS) is 13.6. The fourth-order valence-electron chi connectivity index (χ4n) is 2.55. The van der Waals surface area contributed by atoms with Gasteiger partial charge in [0, 0.05) is 38.8 Å². The van der Waals surface area contributed by atoms with E-state index in [1.165, 1.54) is 0 Å². The summed E-state index contributed by atoms with van der Waals surface area (Å²) in [4.78, 5) is 14.5. The van der Waals surface area contributed by atoms with Gasteiger partial charge in [-0.25, -0.2) is 0 Å². The molecule has 1 aromatic carbocycles. The average Bonchev–Trinajstić information content (AvgIpc) is 2.52. The molecule has 1 rings (SSSR count). The van der Waals surface area contributed by atoms with Crippen LogP contribution in [0.2, 0.25) is 0 Å². The molecule has 0 aliphatic rings. The zero-order valence-corrected chi connectivity index (χ0v) is 16.4. The Morgan fingerprint density at radius 3 is 2.69 bits per heavy atom. The fourth-order valence-corrected chi connectivity index (χ4v) is 2.55. The predicted molar refractivity (Wildman–Crippen MR) is 101 cm³/mol. The van der Waals surface area contributed by atoms with E-state index in [1.807, 2.05) is 26.2 Å². The van der Waals surface area contributed by atoms with Crippen molar-refractivity contribution in [1.82, 2.24) is 10.2 Å². The SMILES string of the molecule is C=c1cc(C)c(C(=O)NCCOC(C)(F)F)c/c1=C/N(C)CC(C)CC. The number of carbonyl (C=O) groups excluding carboxylic acids is 1. The lowest BCUT2D eigenvalue weighted by atomic mass is 10.1. The van der Waals surface area contributed by atoms with E-state index in [2.05, 4.69) is 35.4 Å². The highest BCUT2D eigenvalue weighted by Gasteiger charge is 2.21. The van der Waals surface area contributed by atoms with Gasteiger partial charge in [0.05, 0.1) is 6.61 Å². The van der Waals surface area contributed by atoms with E-state index in [1.54, 1.807) is 6.07 Å². The van der Waals surface area contributed by atoms with Gasteiger partial charge in [-0.1, -0.05) is 32.9 Å². The lowest BCUT2D eigenvalue weighted by molar-refractivity contribution is -0.222. The van der Waals surface area contributed by atoms with Gasteiger partial charge >= 0.3 is 6.11 Å². The third-order valence-electron chi connectivity index (χ3n) is 4.13. The quantitative estimate of drug-likeness (QED) is 0.681. The molecule has 4 nitrogen and oxygen atoms in total. The number of amides is 1. The first-order valence-electron chi connectivity index (χ1n) is 8.85. The van der Waals surface area contributed by atoms with Crippen LogP contribution in [0.4, 0.5) is 8.78 Å². The Morgan fingerprint density at radius 2 is 2.12 bits per heavy atom. The van der Waals surface area contributed by atoms with E-state index < -0.39 is 6.11 Å². The molecule has 0 aromatic heterocycles. The molecule has 146 valence electrons.